The third kappa shape index (κ3) is 18.1. The molecule has 26 heteroatoms. The number of para-hydroxylation sites is 3. The number of likely N-dealkylation sites (N-methyl/N-ethyl adjacent to an activating group) is 3. The van der Waals surface area contributed by atoms with Gasteiger partial charge in [0.2, 0.25) is 0 Å². The molecule has 18 rings (SSSR count). The first kappa shape index (κ1) is 82.8. The fraction of sp³-hybridized carbons (Fsp3) is 0.452. The number of urea groups is 3. The van der Waals surface area contributed by atoms with E-state index in [-0.39, 0.29) is 36.2 Å². The van der Waals surface area contributed by atoms with Gasteiger partial charge in [0.15, 0.2) is 0 Å². The van der Waals surface area contributed by atoms with E-state index in [0.717, 1.165) is 246 Å². The maximum absolute atomic E-state index is 14.2. The van der Waals surface area contributed by atoms with E-state index in [1.54, 1.807) is 24.0 Å². The van der Waals surface area contributed by atoms with E-state index >= 15 is 0 Å². The molecular weight excluding hydrogens is 1560 g/mol. The van der Waals surface area contributed by atoms with Gasteiger partial charge in [-0.25, -0.2) is 44.3 Å². The first-order valence-corrected chi connectivity index (χ1v) is 43.8. The predicted octanol–water partition coefficient (Wildman–Crippen LogP) is 17.4. The number of ether oxygens (including phenoxy) is 2. The van der Waals surface area contributed by atoms with Gasteiger partial charge in [-0.3, -0.25) is 29.4 Å². The van der Waals surface area contributed by atoms with Gasteiger partial charge in [-0.2, -0.15) is 0 Å². The Balaban J connectivity index is 0.000000133. The van der Waals surface area contributed by atoms with E-state index in [1.165, 1.54) is 35.5 Å². The zero-order chi connectivity index (χ0) is 82.5. The predicted molar refractivity (Wildman–Crippen MR) is 478 cm³/mol. The number of piperazine rings is 3. The molecule has 23 nitrogen and oxygen atoms in total. The standard InChI is InChI=1S/C32H39ClN6O2.C31H37ClN6O.C30H35ClN6O2/c1-22-8-7-11-27(33)30(22)38-21-24-20-34-29(35-31(24)39(32(38)40)25-9-5-4-6-10-25)18-23-12-13-26(19-28(23)41-3)37-16-14-36(2)15-17-37;1-22-7-6-10-27(32)29(22)37-21-24-20-33-28(34-30(24)38(31(37)39)26-8-4-3-5-9-26)19-23-11-13-25(14-12-23)36-17-15-35(2)16-18-36;1-20-6-4-9-25(31)28(20)36-19-22-18-32-27(33-29(22)37(30(36)38)23-7-5-8-23)16-21-10-11-24(17-26(21)39-3)35-14-12-34(2)13-15-35/h7-8,11-13,19-20,25H,4-6,9-10,14-18,21H2,1-3H3;6-7,10-14,20,26H,3-5,8-9,15-19,21H2,1-2H3;4,6,9-11,17-18,23H,5,7-8,12-16,19H2,1-3H3. The van der Waals surface area contributed by atoms with E-state index in [1.807, 2.05) is 114 Å². The van der Waals surface area contributed by atoms with Crippen LogP contribution in [0.5, 0.6) is 11.5 Å². The summed E-state index contributed by atoms with van der Waals surface area (Å²) in [4.78, 5) is 97.0. The van der Waals surface area contributed by atoms with Crippen molar-refractivity contribution < 1.29 is 23.9 Å². The normalized spacial score (nSPS) is 18.6. The van der Waals surface area contributed by atoms with Gasteiger partial charge in [0.05, 0.1) is 66.0 Å². The molecule has 3 saturated heterocycles. The molecule has 0 unspecified atom stereocenters. The third-order valence-corrected chi connectivity index (χ3v) is 26.4. The zero-order valence-corrected chi connectivity index (χ0v) is 72.3. The molecule has 6 fully saturated rings. The van der Waals surface area contributed by atoms with Gasteiger partial charge in [-0.05, 0) is 152 Å². The molecule has 3 aromatic heterocycles. The van der Waals surface area contributed by atoms with Crippen molar-refractivity contribution in [2.75, 3.05) is 158 Å². The fourth-order valence-electron chi connectivity index (χ4n) is 18.3. The van der Waals surface area contributed by atoms with Gasteiger partial charge in [-0.15, -0.1) is 0 Å². The van der Waals surface area contributed by atoms with Crippen LogP contribution in [-0.2, 0) is 38.9 Å². The number of fused-ring (bicyclic) bond motifs is 3. The summed E-state index contributed by atoms with van der Waals surface area (Å²) in [6, 6.07) is 39.1. The summed E-state index contributed by atoms with van der Waals surface area (Å²) in [6.45, 7) is 19.7. The second-order valence-electron chi connectivity index (χ2n) is 33.6. The molecule has 3 aliphatic carbocycles. The van der Waals surface area contributed by atoms with Crippen LogP contribution in [0.3, 0.4) is 0 Å². The van der Waals surface area contributed by atoms with Crippen LogP contribution in [0.25, 0.3) is 0 Å². The number of amides is 6. The largest absolute Gasteiger partial charge is 0.496 e. The quantitative estimate of drug-likeness (QED) is 0.0837. The van der Waals surface area contributed by atoms with E-state index < -0.39 is 0 Å². The molecule has 119 heavy (non-hydrogen) atoms. The number of anilines is 9. The maximum atomic E-state index is 14.2. The number of aryl methyl sites for hydroxylation is 3. The lowest BCUT2D eigenvalue weighted by Gasteiger charge is -2.43. The summed E-state index contributed by atoms with van der Waals surface area (Å²) >= 11 is 19.8. The molecule has 9 heterocycles. The highest BCUT2D eigenvalue weighted by Gasteiger charge is 2.44. The topological polar surface area (TPSA) is 186 Å². The third-order valence-electron chi connectivity index (χ3n) is 25.5. The van der Waals surface area contributed by atoms with Crippen molar-refractivity contribution in [3.05, 3.63) is 216 Å². The number of halogens is 3. The van der Waals surface area contributed by atoms with Crippen LogP contribution in [0, 0.1) is 20.8 Å². The molecular formula is C93H111Cl3N18O5. The maximum Gasteiger partial charge on any atom is 0.330 e. The highest BCUT2D eigenvalue weighted by atomic mass is 35.5. The second kappa shape index (κ2) is 37.0. The molecule has 6 amide bonds. The van der Waals surface area contributed by atoms with Gasteiger partial charge in [0, 0.05) is 192 Å². The van der Waals surface area contributed by atoms with Crippen molar-refractivity contribution >= 4 is 104 Å². The van der Waals surface area contributed by atoms with Crippen LogP contribution in [-0.4, -0.2) is 195 Å². The summed E-state index contributed by atoms with van der Waals surface area (Å²) in [5.74, 6) is 6.02. The summed E-state index contributed by atoms with van der Waals surface area (Å²) in [7, 11) is 9.93. The Labute approximate surface area is 715 Å². The minimum atomic E-state index is -0.0674. The molecule has 6 aromatic carbocycles. The number of nitrogens with zero attached hydrogens (tertiary/aromatic N) is 18. The van der Waals surface area contributed by atoms with E-state index in [0.29, 0.717) is 65.6 Å². The molecule has 624 valence electrons. The summed E-state index contributed by atoms with van der Waals surface area (Å²) in [5, 5.41) is 1.74. The Morgan fingerprint density at radius 3 is 0.992 bits per heavy atom. The summed E-state index contributed by atoms with van der Waals surface area (Å²) < 4.78 is 11.6. The van der Waals surface area contributed by atoms with Crippen LogP contribution < -0.4 is 53.6 Å². The first-order chi connectivity index (χ1) is 57.8. The minimum absolute atomic E-state index is 0.0354. The van der Waals surface area contributed by atoms with Gasteiger partial charge in [0.1, 0.15) is 46.4 Å². The molecule has 0 atom stereocenters. The van der Waals surface area contributed by atoms with Gasteiger partial charge >= 0.3 is 18.1 Å². The average Bonchev–Trinajstić information content (AvgIpc) is 0.757. The van der Waals surface area contributed by atoms with E-state index in [9.17, 15) is 14.4 Å². The number of methoxy groups -OCH3 is 2. The van der Waals surface area contributed by atoms with Crippen LogP contribution >= 0.6 is 34.8 Å². The fourth-order valence-corrected chi connectivity index (χ4v) is 19.3. The number of rotatable bonds is 17. The van der Waals surface area contributed by atoms with Crippen molar-refractivity contribution in [1.82, 2.24) is 44.6 Å². The van der Waals surface area contributed by atoms with Crippen LogP contribution in [0.2, 0.25) is 15.1 Å². The highest BCUT2D eigenvalue weighted by Crippen LogP contribution is 2.45. The number of hydrogen-bond donors (Lipinski definition) is 0. The Hall–Kier alpha value is -9.88. The highest BCUT2D eigenvalue weighted by molar-refractivity contribution is 6.35. The van der Waals surface area contributed by atoms with E-state index in [4.69, 9.17) is 74.2 Å². The van der Waals surface area contributed by atoms with Gasteiger partial charge < -0.3 is 38.9 Å². The average molecular weight is 1670 g/mol. The zero-order valence-electron chi connectivity index (χ0n) is 70.1. The lowest BCUT2D eigenvalue weighted by molar-refractivity contribution is 0.241. The first-order valence-electron chi connectivity index (χ1n) is 42.7. The number of hydrogen-bond acceptors (Lipinski definition) is 17. The Morgan fingerprint density at radius 2 is 0.681 bits per heavy atom. The van der Waals surface area contributed by atoms with Crippen molar-refractivity contribution in [2.45, 2.75) is 161 Å². The summed E-state index contributed by atoms with van der Waals surface area (Å²) in [5.41, 5.74) is 14.9. The Kier molecular flexibility index (Phi) is 25.7. The smallest absolute Gasteiger partial charge is 0.330 e. The van der Waals surface area contributed by atoms with Gasteiger partial charge in [-0.1, -0.05) is 134 Å². The second-order valence-corrected chi connectivity index (χ2v) is 34.8. The Bertz CT molecular complexity index is 5070. The van der Waals surface area contributed by atoms with Gasteiger partial charge in [0.25, 0.3) is 0 Å². The molecule has 9 aromatic rings. The molecule has 0 radical (unpaired) electrons. The number of carbonyl (C=O) groups is 3. The van der Waals surface area contributed by atoms with Crippen LogP contribution in [0.1, 0.15) is 151 Å². The van der Waals surface area contributed by atoms with Crippen molar-refractivity contribution in [1.29, 1.82) is 0 Å². The van der Waals surface area contributed by atoms with Crippen LogP contribution in [0.4, 0.5) is 66.0 Å². The number of carbonyl (C=O) groups excluding carboxylic acids is 3. The minimum Gasteiger partial charge on any atom is -0.496 e. The molecule has 9 aliphatic rings. The molecule has 6 aliphatic heterocycles. The van der Waals surface area contributed by atoms with Crippen LogP contribution in [0.15, 0.2) is 134 Å². The summed E-state index contributed by atoms with van der Waals surface area (Å²) in [6.07, 6.45) is 21.3. The lowest BCUT2D eigenvalue weighted by atomic mass is 9.91. The molecule has 0 spiro atoms. The Morgan fingerprint density at radius 1 is 0.370 bits per heavy atom. The number of benzene rings is 6. The monoisotopic (exact) mass is 1660 g/mol. The lowest BCUT2D eigenvalue weighted by Crippen LogP contribution is -2.54. The van der Waals surface area contributed by atoms with Crippen molar-refractivity contribution in [3.63, 3.8) is 0 Å². The van der Waals surface area contributed by atoms with E-state index in [2.05, 4.69) is 111 Å². The molecule has 0 N–H and O–H groups in total. The SMILES string of the molecule is COc1cc(N2CCN(C)CC2)ccc1Cc1ncc2c(n1)N(C1CCC1)C(=O)N(c1c(C)cccc1Cl)C2.COc1cc(N2CCN(C)CC2)ccc1Cc1ncc2c(n1)N(C1CCCCC1)C(=O)N(c1c(C)cccc1Cl)C2.Cc1cccc(Cl)c1N1Cc2cnc(Cc3ccc(N4CCN(C)CC4)cc3)nc2N(C2CCCCC2)C1=O. The number of aromatic nitrogens is 6. The molecule has 0 bridgehead atoms. The van der Waals surface area contributed by atoms with Crippen molar-refractivity contribution in [3.8, 4) is 11.5 Å². The molecule has 3 saturated carbocycles. The van der Waals surface area contributed by atoms with Crippen molar-refractivity contribution in [2.24, 2.45) is 0 Å².